The number of nitrogens with zero attached hydrogens (tertiary/aromatic N) is 3. The molecule has 3 nitrogen and oxygen atoms in total. The van der Waals surface area contributed by atoms with Crippen LogP contribution in [0.4, 0.5) is 0 Å². The molecule has 0 atom stereocenters. The van der Waals surface area contributed by atoms with Gasteiger partial charge in [0.15, 0.2) is 0 Å². The molecule has 0 radical (unpaired) electrons. The van der Waals surface area contributed by atoms with Crippen LogP contribution in [0.2, 0.25) is 0 Å². The van der Waals surface area contributed by atoms with Crippen molar-refractivity contribution in [3.63, 3.8) is 0 Å². The fourth-order valence-corrected chi connectivity index (χ4v) is 1.21. The second-order valence-electron chi connectivity index (χ2n) is 2.78. The van der Waals surface area contributed by atoms with Crippen molar-refractivity contribution in [1.82, 2.24) is 9.66 Å². The van der Waals surface area contributed by atoms with Crippen molar-refractivity contribution in [2.45, 2.75) is 13.3 Å². The molecule has 0 amide bonds. The van der Waals surface area contributed by atoms with Crippen LogP contribution in [0, 0.1) is 0 Å². The molecule has 0 unspecified atom stereocenters. The minimum Gasteiger partial charge on any atom is -0.235 e. The summed E-state index contributed by atoms with van der Waals surface area (Å²) in [7, 11) is 0. The van der Waals surface area contributed by atoms with Crippen LogP contribution in [0.3, 0.4) is 0 Å². The molecule has 0 aliphatic carbocycles. The van der Waals surface area contributed by atoms with Crippen LogP contribution >= 0.6 is 0 Å². The smallest absolute Gasteiger partial charge is 0.118 e. The minimum absolute atomic E-state index is 0.937. The number of fused-ring (bicyclic) bond motifs is 1. The Labute approximate surface area is 76.7 Å². The molecule has 3 heteroatoms. The molecule has 1 aromatic heterocycles. The van der Waals surface area contributed by atoms with Gasteiger partial charge in [-0.2, -0.15) is 5.10 Å². The van der Waals surface area contributed by atoms with Gasteiger partial charge < -0.3 is 0 Å². The number of para-hydroxylation sites is 2. The fraction of sp³-hybridized carbons (Fsp3) is 0.200. The zero-order valence-corrected chi connectivity index (χ0v) is 7.51. The Hall–Kier alpha value is -1.64. The first-order chi connectivity index (χ1) is 6.42. The highest BCUT2D eigenvalue weighted by atomic mass is 15.4. The predicted molar refractivity (Wildman–Crippen MR) is 53.9 cm³/mol. The maximum Gasteiger partial charge on any atom is 0.118 e. The molecule has 0 saturated heterocycles. The lowest BCUT2D eigenvalue weighted by molar-refractivity contribution is 0.908. The molecule has 2 aromatic rings. The third kappa shape index (κ3) is 1.45. The van der Waals surface area contributed by atoms with Crippen molar-refractivity contribution in [3.05, 3.63) is 30.6 Å². The second-order valence-corrected chi connectivity index (χ2v) is 2.78. The fourth-order valence-electron chi connectivity index (χ4n) is 1.21. The SMILES string of the molecule is CCC=Nn1cnc2ccccc21. The molecule has 0 fully saturated rings. The molecule has 0 saturated carbocycles. The lowest BCUT2D eigenvalue weighted by atomic mass is 10.3. The monoisotopic (exact) mass is 173 g/mol. The highest BCUT2D eigenvalue weighted by Gasteiger charge is 1.97. The zero-order valence-electron chi connectivity index (χ0n) is 7.51. The molecule has 0 aliphatic rings. The first-order valence-corrected chi connectivity index (χ1v) is 4.36. The molecule has 0 spiro atoms. The quantitative estimate of drug-likeness (QED) is 0.641. The third-order valence-corrected chi connectivity index (χ3v) is 1.82. The van der Waals surface area contributed by atoms with Crippen LogP contribution in [0.15, 0.2) is 35.7 Å². The third-order valence-electron chi connectivity index (χ3n) is 1.82. The van der Waals surface area contributed by atoms with Gasteiger partial charge in [0.1, 0.15) is 6.33 Å². The van der Waals surface area contributed by atoms with Gasteiger partial charge in [0.05, 0.1) is 11.0 Å². The highest BCUT2D eigenvalue weighted by molar-refractivity contribution is 5.75. The van der Waals surface area contributed by atoms with E-state index >= 15 is 0 Å². The number of rotatable bonds is 2. The summed E-state index contributed by atoms with van der Waals surface area (Å²) in [5.74, 6) is 0. The minimum atomic E-state index is 0.937. The molecular formula is C10H11N3. The summed E-state index contributed by atoms with van der Waals surface area (Å²) in [5.41, 5.74) is 2.03. The summed E-state index contributed by atoms with van der Waals surface area (Å²) in [4.78, 5) is 4.22. The largest absolute Gasteiger partial charge is 0.235 e. The van der Waals surface area contributed by atoms with Crippen LogP contribution in [-0.4, -0.2) is 15.9 Å². The van der Waals surface area contributed by atoms with E-state index in [9.17, 15) is 0 Å². The standard InChI is InChI=1S/C10H11N3/c1-2-7-12-13-8-11-9-5-3-4-6-10(9)13/h3-8H,2H2,1H3. The summed E-state index contributed by atoms with van der Waals surface area (Å²) in [6, 6.07) is 7.95. The Morgan fingerprint density at radius 3 is 3.15 bits per heavy atom. The molecule has 66 valence electrons. The first kappa shape index (κ1) is 7.98. The van der Waals surface area contributed by atoms with E-state index < -0.39 is 0 Å². The van der Waals surface area contributed by atoms with E-state index in [-0.39, 0.29) is 0 Å². The molecule has 0 N–H and O–H groups in total. The number of hydrogen-bond donors (Lipinski definition) is 0. The Morgan fingerprint density at radius 2 is 2.31 bits per heavy atom. The van der Waals surface area contributed by atoms with E-state index in [0.717, 1.165) is 17.5 Å². The normalized spacial score (nSPS) is 11.5. The van der Waals surface area contributed by atoms with Gasteiger partial charge in [-0.05, 0) is 18.6 Å². The van der Waals surface area contributed by atoms with Gasteiger partial charge in [0, 0.05) is 6.21 Å². The van der Waals surface area contributed by atoms with E-state index in [1.165, 1.54) is 0 Å². The second kappa shape index (κ2) is 3.39. The first-order valence-electron chi connectivity index (χ1n) is 4.36. The zero-order chi connectivity index (χ0) is 9.10. The summed E-state index contributed by atoms with van der Waals surface area (Å²) >= 11 is 0. The Morgan fingerprint density at radius 1 is 1.46 bits per heavy atom. The van der Waals surface area contributed by atoms with Gasteiger partial charge in [-0.15, -0.1) is 0 Å². The summed E-state index contributed by atoms with van der Waals surface area (Å²) in [6.07, 6.45) is 4.54. The van der Waals surface area contributed by atoms with Gasteiger partial charge in [-0.1, -0.05) is 19.1 Å². The average molecular weight is 173 g/mol. The van der Waals surface area contributed by atoms with Crippen molar-refractivity contribution >= 4 is 17.2 Å². The Bertz CT molecular complexity index is 428. The van der Waals surface area contributed by atoms with Crippen molar-refractivity contribution in [2.24, 2.45) is 5.10 Å². The van der Waals surface area contributed by atoms with E-state index in [0.29, 0.717) is 0 Å². The van der Waals surface area contributed by atoms with E-state index in [2.05, 4.69) is 17.0 Å². The van der Waals surface area contributed by atoms with Crippen molar-refractivity contribution in [2.75, 3.05) is 0 Å². The summed E-state index contributed by atoms with van der Waals surface area (Å²) < 4.78 is 1.79. The van der Waals surface area contributed by atoms with Crippen LogP contribution in [0.25, 0.3) is 11.0 Å². The maximum absolute atomic E-state index is 4.24. The lowest BCUT2D eigenvalue weighted by Gasteiger charge is -1.93. The van der Waals surface area contributed by atoms with Gasteiger partial charge in [0.2, 0.25) is 0 Å². The molecule has 13 heavy (non-hydrogen) atoms. The average Bonchev–Trinajstić information content (AvgIpc) is 2.58. The predicted octanol–water partition coefficient (Wildman–Crippen LogP) is 2.28. The molecular weight excluding hydrogens is 162 g/mol. The molecule has 1 heterocycles. The number of imidazole rings is 1. The van der Waals surface area contributed by atoms with Gasteiger partial charge in [-0.3, -0.25) is 0 Å². The highest BCUT2D eigenvalue weighted by Crippen LogP contribution is 2.10. The molecule has 0 bridgehead atoms. The van der Waals surface area contributed by atoms with Crippen LogP contribution < -0.4 is 0 Å². The van der Waals surface area contributed by atoms with Crippen LogP contribution in [0.1, 0.15) is 13.3 Å². The van der Waals surface area contributed by atoms with Crippen molar-refractivity contribution < 1.29 is 0 Å². The van der Waals surface area contributed by atoms with Crippen molar-refractivity contribution in [1.29, 1.82) is 0 Å². The van der Waals surface area contributed by atoms with E-state index in [4.69, 9.17) is 0 Å². The number of hydrogen-bond acceptors (Lipinski definition) is 2. The van der Waals surface area contributed by atoms with Gasteiger partial charge >= 0.3 is 0 Å². The van der Waals surface area contributed by atoms with Crippen LogP contribution in [-0.2, 0) is 0 Å². The summed E-state index contributed by atoms with van der Waals surface area (Å²) in [6.45, 7) is 2.06. The molecule has 2 rings (SSSR count). The van der Waals surface area contributed by atoms with Gasteiger partial charge in [0.25, 0.3) is 0 Å². The molecule has 1 aromatic carbocycles. The lowest BCUT2D eigenvalue weighted by Crippen LogP contribution is -1.85. The maximum atomic E-state index is 4.24. The van der Waals surface area contributed by atoms with Crippen LogP contribution in [0.5, 0.6) is 0 Å². The number of benzene rings is 1. The van der Waals surface area contributed by atoms with Crippen molar-refractivity contribution in [3.8, 4) is 0 Å². The Balaban J connectivity index is 2.52. The Kier molecular flexibility index (Phi) is 2.08. The van der Waals surface area contributed by atoms with Gasteiger partial charge in [-0.25, -0.2) is 9.66 Å². The van der Waals surface area contributed by atoms with E-state index in [1.807, 2.05) is 30.5 Å². The van der Waals surface area contributed by atoms with E-state index in [1.54, 1.807) is 11.0 Å². The summed E-state index contributed by atoms with van der Waals surface area (Å²) in [5, 5.41) is 4.24. The number of aromatic nitrogens is 2. The molecule has 0 aliphatic heterocycles. The topological polar surface area (TPSA) is 30.2 Å².